The number of aromatic amines is 2. The molecule has 0 aliphatic carbocycles. The number of H-pyrrole nitrogens is 2. The number of Topliss-reactive ketones (excluding diaryl/α,β-unsaturated/α-hetero) is 1. The molecule has 0 aliphatic rings. The molecule has 0 unspecified atom stereocenters. The molecule has 0 fully saturated rings. The summed E-state index contributed by atoms with van der Waals surface area (Å²) in [6, 6.07) is 19.0. The number of rotatable bonds is 5. The van der Waals surface area contributed by atoms with Crippen molar-refractivity contribution >= 4 is 28.4 Å². The van der Waals surface area contributed by atoms with Crippen molar-refractivity contribution < 1.29 is 4.79 Å². The van der Waals surface area contributed by atoms with Gasteiger partial charge in [-0.05, 0) is 18.6 Å². The molecule has 2 N–H and O–H groups in total. The zero-order valence-corrected chi connectivity index (χ0v) is 16.3. The molecule has 0 radical (unpaired) electrons. The van der Waals surface area contributed by atoms with Crippen molar-refractivity contribution in [3.8, 4) is 6.07 Å². The maximum absolute atomic E-state index is 13.6. The van der Waals surface area contributed by atoms with Crippen molar-refractivity contribution in [2.45, 2.75) is 17.2 Å². The first kappa shape index (κ1) is 18.7. The summed E-state index contributed by atoms with van der Waals surface area (Å²) in [5.41, 5.74) is 2.35. The third kappa shape index (κ3) is 3.58. The van der Waals surface area contributed by atoms with Gasteiger partial charge in [0.1, 0.15) is 16.7 Å². The molecule has 0 saturated carbocycles. The molecule has 6 nitrogen and oxygen atoms in total. The van der Waals surface area contributed by atoms with E-state index in [1.54, 1.807) is 13.1 Å². The number of carbonyl (C=O) groups excluding carboxylic acids is 1. The molecule has 142 valence electrons. The third-order valence-corrected chi connectivity index (χ3v) is 5.86. The fourth-order valence-corrected chi connectivity index (χ4v) is 4.41. The van der Waals surface area contributed by atoms with Crippen LogP contribution >= 0.6 is 11.8 Å². The van der Waals surface area contributed by atoms with Crippen LogP contribution in [0.2, 0.25) is 0 Å². The van der Waals surface area contributed by atoms with Crippen molar-refractivity contribution in [2.24, 2.45) is 0 Å². The van der Waals surface area contributed by atoms with Gasteiger partial charge < -0.3 is 9.97 Å². The van der Waals surface area contributed by atoms with Crippen LogP contribution in [0.1, 0.15) is 32.4 Å². The highest BCUT2D eigenvalue weighted by molar-refractivity contribution is 8.00. The minimum Gasteiger partial charge on any atom is -0.360 e. The first-order chi connectivity index (χ1) is 14.1. The number of para-hydroxylation sites is 1. The first-order valence-corrected chi connectivity index (χ1v) is 9.79. The van der Waals surface area contributed by atoms with Crippen LogP contribution < -0.4 is 5.69 Å². The summed E-state index contributed by atoms with van der Waals surface area (Å²) < 4.78 is 0. The largest absolute Gasteiger partial charge is 0.360 e. The van der Waals surface area contributed by atoms with Gasteiger partial charge in [0.05, 0.1) is 5.25 Å². The average molecular weight is 400 g/mol. The van der Waals surface area contributed by atoms with Crippen LogP contribution in [0.5, 0.6) is 0 Å². The smallest absolute Gasteiger partial charge is 0.346 e. The lowest BCUT2D eigenvalue weighted by Crippen LogP contribution is -2.16. The Morgan fingerprint density at radius 1 is 1.14 bits per heavy atom. The highest BCUT2D eigenvalue weighted by Gasteiger charge is 2.27. The molecule has 0 aliphatic heterocycles. The van der Waals surface area contributed by atoms with Gasteiger partial charge in [0, 0.05) is 28.4 Å². The Balaban J connectivity index is 1.83. The Morgan fingerprint density at radius 2 is 1.86 bits per heavy atom. The van der Waals surface area contributed by atoms with E-state index in [-0.39, 0.29) is 16.4 Å². The number of nitriles is 1. The molecular formula is C22H16N4O2S. The molecule has 2 aromatic carbocycles. The van der Waals surface area contributed by atoms with Crippen LogP contribution in [0.4, 0.5) is 0 Å². The number of thioether (sulfide) groups is 1. The summed E-state index contributed by atoms with van der Waals surface area (Å²) in [7, 11) is 0. The van der Waals surface area contributed by atoms with E-state index in [1.807, 2.05) is 54.6 Å². The fraction of sp³-hybridized carbons (Fsp3) is 0.0909. The number of carbonyl (C=O) groups is 1. The van der Waals surface area contributed by atoms with Gasteiger partial charge in [0.25, 0.3) is 0 Å². The Hall–Kier alpha value is -3.63. The van der Waals surface area contributed by atoms with Gasteiger partial charge >= 0.3 is 5.69 Å². The molecule has 0 bridgehead atoms. The van der Waals surface area contributed by atoms with Gasteiger partial charge in [-0.1, -0.05) is 60.3 Å². The van der Waals surface area contributed by atoms with Gasteiger partial charge in [0.15, 0.2) is 5.78 Å². The standard InChI is InChI=1S/C22H16N4O2S/c1-13-16(11-23)21(26-22(28)25-13)29-20(14-7-3-2-4-8-14)19(27)17-12-24-18-10-6-5-9-15(17)18/h2-10,12,20,24H,1H3,(H,25,26,28)/t20-/m1/s1. The molecule has 4 rings (SSSR count). The molecule has 4 aromatic rings. The van der Waals surface area contributed by atoms with E-state index in [4.69, 9.17) is 0 Å². The van der Waals surface area contributed by atoms with Gasteiger partial charge in [-0.2, -0.15) is 10.2 Å². The molecule has 0 amide bonds. The number of aryl methyl sites for hydroxylation is 1. The van der Waals surface area contributed by atoms with Crippen LogP contribution in [0.25, 0.3) is 10.9 Å². The number of nitrogens with one attached hydrogen (secondary N) is 2. The number of hydrogen-bond acceptors (Lipinski definition) is 5. The molecule has 1 atom stereocenters. The van der Waals surface area contributed by atoms with Crippen LogP contribution in [0, 0.1) is 18.3 Å². The first-order valence-electron chi connectivity index (χ1n) is 8.91. The highest BCUT2D eigenvalue weighted by Crippen LogP contribution is 2.39. The molecule has 0 saturated heterocycles. The average Bonchev–Trinajstić information content (AvgIpc) is 3.16. The summed E-state index contributed by atoms with van der Waals surface area (Å²) in [6.45, 7) is 1.64. The summed E-state index contributed by atoms with van der Waals surface area (Å²) in [6.07, 6.45) is 1.70. The second-order valence-electron chi connectivity index (χ2n) is 6.48. The Labute approximate surface area is 170 Å². The van der Waals surface area contributed by atoms with E-state index in [2.05, 4.69) is 21.0 Å². The Kier molecular flexibility index (Phi) is 5.02. The summed E-state index contributed by atoms with van der Waals surface area (Å²) in [5.74, 6) is -0.123. The lowest BCUT2D eigenvalue weighted by molar-refractivity contribution is 0.0991. The molecule has 0 spiro atoms. The maximum Gasteiger partial charge on any atom is 0.346 e. The van der Waals surface area contributed by atoms with E-state index in [0.717, 1.165) is 28.2 Å². The normalized spacial score (nSPS) is 11.9. The Bertz CT molecular complexity index is 1300. The minimum absolute atomic E-state index is 0.123. The second-order valence-corrected chi connectivity index (χ2v) is 7.57. The zero-order valence-electron chi connectivity index (χ0n) is 15.5. The van der Waals surface area contributed by atoms with Crippen molar-refractivity contribution in [3.05, 3.63) is 93.7 Å². The molecule has 2 aromatic heterocycles. The summed E-state index contributed by atoms with van der Waals surface area (Å²) in [4.78, 5) is 35.1. The monoisotopic (exact) mass is 400 g/mol. The predicted molar refractivity (Wildman–Crippen MR) is 112 cm³/mol. The van der Waals surface area contributed by atoms with Crippen molar-refractivity contribution in [3.63, 3.8) is 0 Å². The topological polar surface area (TPSA) is 102 Å². The minimum atomic E-state index is -0.656. The van der Waals surface area contributed by atoms with E-state index in [9.17, 15) is 14.9 Å². The number of benzene rings is 2. The van der Waals surface area contributed by atoms with Crippen LogP contribution in [0.3, 0.4) is 0 Å². The quantitative estimate of drug-likeness (QED) is 0.298. The number of aromatic nitrogens is 3. The molecular weight excluding hydrogens is 384 g/mol. The fourth-order valence-electron chi connectivity index (χ4n) is 3.21. The SMILES string of the molecule is Cc1[nH]c(=O)nc(S[C@@H](C(=O)c2c[nH]c3ccccc23)c2ccccc2)c1C#N. The van der Waals surface area contributed by atoms with E-state index >= 15 is 0 Å². The summed E-state index contributed by atoms with van der Waals surface area (Å²) in [5, 5.41) is 9.94. The zero-order chi connectivity index (χ0) is 20.4. The molecule has 29 heavy (non-hydrogen) atoms. The maximum atomic E-state index is 13.6. The lowest BCUT2D eigenvalue weighted by Gasteiger charge is -2.16. The highest BCUT2D eigenvalue weighted by atomic mass is 32.2. The Morgan fingerprint density at radius 3 is 2.62 bits per heavy atom. The number of ketones is 1. The van der Waals surface area contributed by atoms with Crippen molar-refractivity contribution in [2.75, 3.05) is 0 Å². The van der Waals surface area contributed by atoms with Gasteiger partial charge in [0.2, 0.25) is 0 Å². The number of hydrogen-bond donors (Lipinski definition) is 2. The van der Waals surface area contributed by atoms with Crippen LogP contribution in [-0.4, -0.2) is 20.7 Å². The number of fused-ring (bicyclic) bond motifs is 1. The summed E-state index contributed by atoms with van der Waals surface area (Å²) >= 11 is 1.12. The van der Waals surface area contributed by atoms with Gasteiger partial charge in [-0.15, -0.1) is 0 Å². The third-order valence-electron chi connectivity index (χ3n) is 4.62. The number of nitrogens with zero attached hydrogens (tertiary/aromatic N) is 2. The van der Waals surface area contributed by atoms with Crippen molar-refractivity contribution in [1.29, 1.82) is 5.26 Å². The van der Waals surface area contributed by atoms with Gasteiger partial charge in [-0.3, -0.25) is 4.79 Å². The predicted octanol–water partition coefficient (Wildman–Crippen LogP) is 4.15. The van der Waals surface area contributed by atoms with Crippen molar-refractivity contribution in [1.82, 2.24) is 15.0 Å². The van der Waals surface area contributed by atoms with Gasteiger partial charge in [-0.25, -0.2) is 4.79 Å². The molecule has 2 heterocycles. The second kappa shape index (κ2) is 7.78. The van der Waals surface area contributed by atoms with Crippen LogP contribution in [-0.2, 0) is 0 Å². The van der Waals surface area contributed by atoms with Crippen LogP contribution in [0.15, 0.2) is 70.6 Å². The van der Waals surface area contributed by atoms with E-state index in [1.165, 1.54) is 0 Å². The lowest BCUT2D eigenvalue weighted by atomic mass is 10.0. The van der Waals surface area contributed by atoms with E-state index < -0.39 is 10.9 Å². The molecule has 7 heteroatoms. The van der Waals surface area contributed by atoms with E-state index in [0.29, 0.717) is 11.3 Å².